The van der Waals surface area contributed by atoms with Crippen LogP contribution in [0.15, 0.2) is 241 Å². The molecule has 8 fully saturated rings. The summed E-state index contributed by atoms with van der Waals surface area (Å²) in [5.41, 5.74) is 17.3. The van der Waals surface area contributed by atoms with Crippen molar-refractivity contribution in [2.75, 3.05) is 4.90 Å². The Kier molecular flexibility index (Phi) is 17.4. The van der Waals surface area contributed by atoms with Gasteiger partial charge in [0.2, 0.25) is 0 Å². The maximum Gasteiger partial charge on any atom is 0.137 e. The van der Waals surface area contributed by atoms with Gasteiger partial charge in [-0.3, -0.25) is 0 Å². The summed E-state index contributed by atoms with van der Waals surface area (Å²) < 4.78 is 26.0. The van der Waals surface area contributed by atoms with E-state index in [4.69, 9.17) is 17.7 Å². The second-order valence-corrected chi connectivity index (χ2v) is 28.3. The number of hydrogen-bond donors (Lipinski definition) is 0. The lowest BCUT2D eigenvalue weighted by Crippen LogP contribution is -2.48. The predicted octanol–water partition coefficient (Wildman–Crippen LogP) is 27.2. The molecule has 4 aromatic heterocycles. The molecule has 0 spiro atoms. The van der Waals surface area contributed by atoms with E-state index in [1.807, 2.05) is 62.4 Å². The Bertz CT molecular complexity index is 4700. The smallest absolute Gasteiger partial charge is 0.137 e. The number of para-hydroxylation sites is 4. The zero-order valence-electron chi connectivity index (χ0n) is 50.9. The number of furan rings is 4. The van der Waals surface area contributed by atoms with Crippen LogP contribution in [0, 0.1) is 35.5 Å². The van der Waals surface area contributed by atoms with Crippen LogP contribution in [-0.2, 0) is 17.3 Å². The molecule has 6 heteroatoms. The highest BCUT2D eigenvalue weighted by Crippen LogP contribution is 2.62. The summed E-state index contributed by atoms with van der Waals surface area (Å²) in [5.74, 6) is 5.87. The molecule has 4 heterocycles. The molecule has 5 nitrogen and oxygen atoms in total. The number of rotatable bonds is 7. The van der Waals surface area contributed by atoms with Gasteiger partial charge in [-0.1, -0.05) is 181 Å². The van der Waals surface area contributed by atoms with Crippen LogP contribution in [0.25, 0.3) is 87.8 Å². The molecule has 0 atom stereocenters. The SMILES string of the molecule is Brc1cccc(C23CC4CC(CC(C4)C2)C3)c1.C.C.C.C.CC.[HH].c1cc(N(c2ccc3c(c2)oc2ccccc23)c2ccc3c(c2)oc2ccccc23)cc(C23CC4CC(CC(C4)C2)C3)c1.c1ccc2c(c1)oc1cc(Cc3ccc4c(c3)oc3ccccc34)ccc12. The van der Waals surface area contributed by atoms with Crippen LogP contribution in [0.1, 0.15) is 144 Å². The minimum atomic E-state index is 0. The van der Waals surface area contributed by atoms with Crippen LogP contribution in [0.4, 0.5) is 17.1 Å². The summed E-state index contributed by atoms with van der Waals surface area (Å²) in [7, 11) is 0. The second-order valence-electron chi connectivity index (χ2n) is 27.4. The van der Waals surface area contributed by atoms with E-state index >= 15 is 0 Å². The maximum absolute atomic E-state index is 6.37. The van der Waals surface area contributed by atoms with Gasteiger partial charge in [0.05, 0.1) is 0 Å². The van der Waals surface area contributed by atoms with Gasteiger partial charge < -0.3 is 22.6 Å². The first-order chi connectivity index (χ1) is 43.8. The molecule has 0 saturated heterocycles. The molecule has 93 heavy (non-hydrogen) atoms. The lowest BCUT2D eigenvalue weighted by Gasteiger charge is -2.57. The summed E-state index contributed by atoms with van der Waals surface area (Å²) in [6.07, 6.45) is 18.3. The van der Waals surface area contributed by atoms with E-state index in [-0.39, 0.29) is 31.1 Å². The van der Waals surface area contributed by atoms with Crippen molar-refractivity contribution in [2.45, 2.75) is 138 Å². The largest absolute Gasteiger partial charge is 0.456 e. The predicted molar refractivity (Wildman–Crippen MR) is 400 cm³/mol. The Balaban J connectivity index is 0.000000143. The number of nitrogens with zero attached hydrogens (tertiary/aromatic N) is 1. The van der Waals surface area contributed by atoms with E-state index in [0.29, 0.717) is 10.8 Å². The standard InChI is InChI=1S/C40H33NO2.C25H16O2.C16H19Br.C2H6.4CH4.H2/c1-3-10-36-32(8-1)34-14-12-30(20-38(34)42-36)41(31-13-15-35-33-9-2-4-11-37(33)43-39(35)21-31)29-7-5-6-28(19-29)40-22-25-16-26(23-40)18-27(17-25)24-40;1-3-7-22-18(5-1)20-11-9-16(14-24(20)26-22)13-17-10-12-21-19-6-2-4-8-23(19)27-25(21)15-17;17-15-3-1-2-14(7-15)16-8-11-4-12(9-16)6-13(5-11)10-16;1-2;;;;;/h1-15,19-21,25-27H,16-18,22-24H2;1-12,14-15H,13H2;1-3,7,11-13H,4-6,8-10H2;1-2H3;4*1H4;1H. The van der Waals surface area contributed by atoms with E-state index in [2.05, 4.69) is 191 Å². The van der Waals surface area contributed by atoms with Crippen LogP contribution in [-0.4, -0.2) is 0 Å². The fourth-order valence-corrected chi connectivity index (χ4v) is 19.3. The van der Waals surface area contributed by atoms with E-state index < -0.39 is 0 Å². The Morgan fingerprint density at radius 3 is 0.989 bits per heavy atom. The van der Waals surface area contributed by atoms with Gasteiger partial charge in [0.15, 0.2) is 0 Å². The van der Waals surface area contributed by atoms with Crippen molar-refractivity contribution in [3.63, 3.8) is 0 Å². The van der Waals surface area contributed by atoms with Crippen LogP contribution in [0.2, 0.25) is 0 Å². The van der Waals surface area contributed by atoms with Crippen molar-refractivity contribution >= 4 is 121 Å². The summed E-state index contributed by atoms with van der Waals surface area (Å²) in [6.45, 7) is 4.00. The number of fused-ring (bicyclic) bond motifs is 12. The average Bonchev–Trinajstić information content (AvgIpc) is 1.17. The first kappa shape index (κ1) is 63.4. The minimum Gasteiger partial charge on any atom is -0.456 e. The van der Waals surface area contributed by atoms with Crippen molar-refractivity contribution in [1.82, 2.24) is 0 Å². The zero-order chi connectivity index (χ0) is 59.4. The first-order valence-electron chi connectivity index (χ1n) is 33.1. The van der Waals surface area contributed by atoms with Gasteiger partial charge in [0.25, 0.3) is 0 Å². The molecule has 14 aromatic rings. The van der Waals surface area contributed by atoms with Gasteiger partial charge in [0.1, 0.15) is 44.7 Å². The first-order valence-corrected chi connectivity index (χ1v) is 33.9. The van der Waals surface area contributed by atoms with Crippen LogP contribution in [0.3, 0.4) is 0 Å². The lowest BCUT2D eigenvalue weighted by atomic mass is 9.48. The monoisotopic (exact) mass is 1290 g/mol. The molecule has 0 unspecified atom stereocenters. The highest BCUT2D eigenvalue weighted by molar-refractivity contribution is 9.10. The van der Waals surface area contributed by atoms with Crippen molar-refractivity contribution in [3.8, 4) is 0 Å². The van der Waals surface area contributed by atoms with Crippen molar-refractivity contribution in [2.24, 2.45) is 35.5 Å². The molecule has 8 aliphatic rings. The van der Waals surface area contributed by atoms with E-state index in [1.54, 1.807) is 5.56 Å². The molecule has 22 rings (SSSR count). The summed E-state index contributed by atoms with van der Waals surface area (Å²) in [4.78, 5) is 2.39. The van der Waals surface area contributed by atoms with Gasteiger partial charge in [-0.2, -0.15) is 0 Å². The average molecular weight is 1300 g/mol. The number of hydrogen-bond acceptors (Lipinski definition) is 5. The number of benzene rings is 10. The topological polar surface area (TPSA) is 55.8 Å². The molecule has 0 N–H and O–H groups in total. The van der Waals surface area contributed by atoms with Crippen molar-refractivity contribution in [1.29, 1.82) is 0 Å². The number of anilines is 3. The molecule has 0 radical (unpaired) electrons. The molecule has 8 bridgehead atoms. The number of halogens is 1. The fraction of sp³-hybridized carbons (Fsp3) is 0.310. The van der Waals surface area contributed by atoms with Gasteiger partial charge in [-0.25, -0.2) is 0 Å². The minimum absolute atomic E-state index is 0. The Morgan fingerprint density at radius 2 is 0.624 bits per heavy atom. The van der Waals surface area contributed by atoms with Crippen LogP contribution < -0.4 is 4.90 Å². The van der Waals surface area contributed by atoms with Crippen molar-refractivity contribution in [3.05, 3.63) is 245 Å². The van der Waals surface area contributed by atoms with E-state index in [1.165, 1.54) is 125 Å². The van der Waals surface area contributed by atoms with Gasteiger partial charge in [-0.05, 0) is 237 Å². The fourth-order valence-electron chi connectivity index (χ4n) is 18.9. The summed E-state index contributed by atoms with van der Waals surface area (Å²) >= 11 is 3.64. The molecule has 0 amide bonds. The third kappa shape index (κ3) is 11.4. The Labute approximate surface area is 559 Å². The van der Waals surface area contributed by atoms with E-state index in [9.17, 15) is 0 Å². The summed E-state index contributed by atoms with van der Waals surface area (Å²) in [5, 5.41) is 9.28. The molecule has 8 saturated carbocycles. The second kappa shape index (κ2) is 25.5. The van der Waals surface area contributed by atoms with Crippen LogP contribution in [0.5, 0.6) is 0 Å². The van der Waals surface area contributed by atoms with Crippen LogP contribution >= 0.6 is 15.9 Å². The van der Waals surface area contributed by atoms with Gasteiger partial charge in [-0.15, -0.1) is 0 Å². The maximum atomic E-state index is 6.37. The zero-order valence-corrected chi connectivity index (χ0v) is 52.5. The molecule has 10 aromatic carbocycles. The van der Waals surface area contributed by atoms with Gasteiger partial charge in [0, 0.05) is 78.2 Å². The quantitative estimate of drug-likeness (QED) is 0.159. The molecule has 0 aliphatic heterocycles. The van der Waals surface area contributed by atoms with Gasteiger partial charge >= 0.3 is 0 Å². The Hall–Kier alpha value is -8.32. The van der Waals surface area contributed by atoms with Crippen molar-refractivity contribution < 1.29 is 19.1 Å². The third-order valence-electron chi connectivity index (χ3n) is 21.8. The third-order valence-corrected chi connectivity index (χ3v) is 22.3. The highest BCUT2D eigenvalue weighted by atomic mass is 79.9. The normalized spacial score (nSPS) is 22.7. The molecule has 476 valence electrons. The van der Waals surface area contributed by atoms with E-state index in [0.717, 1.165) is 120 Å². The lowest BCUT2D eigenvalue weighted by molar-refractivity contribution is -0.00531. The molecular weight excluding hydrogens is 1200 g/mol. The highest BCUT2D eigenvalue weighted by Gasteiger charge is 2.53. The molecule has 8 aliphatic carbocycles. The summed E-state index contributed by atoms with van der Waals surface area (Å²) in [6, 6.07) is 77.9. The Morgan fingerprint density at radius 1 is 0.323 bits per heavy atom. The molecular formula is C87H92BrNO4.